The van der Waals surface area contributed by atoms with Crippen LogP contribution in [0.25, 0.3) is 0 Å². The van der Waals surface area contributed by atoms with Crippen molar-refractivity contribution in [1.82, 2.24) is 0 Å². The monoisotopic (exact) mass is 298 g/mol. The van der Waals surface area contributed by atoms with Crippen molar-refractivity contribution in [3.8, 4) is 0 Å². The molecule has 0 aliphatic carbocycles. The summed E-state index contributed by atoms with van der Waals surface area (Å²) in [7, 11) is 0. The van der Waals surface area contributed by atoms with E-state index >= 15 is 0 Å². The number of ketones is 1. The molecule has 0 fully saturated rings. The molecule has 0 bridgehead atoms. The van der Waals surface area contributed by atoms with Crippen molar-refractivity contribution in [2.45, 2.75) is 19.3 Å². The normalized spacial score (nSPS) is 10.6. The summed E-state index contributed by atoms with van der Waals surface area (Å²) in [6.45, 7) is 0. The van der Waals surface area contributed by atoms with Gasteiger partial charge in [-0.25, -0.2) is 0 Å². The van der Waals surface area contributed by atoms with Gasteiger partial charge < -0.3 is 0 Å². The molecule has 0 N–H and O–H groups in total. The molecule has 0 aliphatic rings. The summed E-state index contributed by atoms with van der Waals surface area (Å²) in [5, 5.41) is 2.84. The van der Waals surface area contributed by atoms with Crippen LogP contribution < -0.4 is 0 Å². The Labute approximate surface area is 120 Å². The Kier molecular flexibility index (Phi) is 4.81. The summed E-state index contributed by atoms with van der Waals surface area (Å²) in [6.07, 6.45) is 2.27. The Morgan fingerprint density at radius 1 is 1.17 bits per heavy atom. The van der Waals surface area contributed by atoms with Crippen molar-refractivity contribution in [3.05, 3.63) is 56.2 Å². The molecule has 1 aromatic carbocycles. The van der Waals surface area contributed by atoms with Gasteiger partial charge in [0.05, 0.1) is 10.0 Å². The standard InChI is InChI=1S/C14H12Cl2OS/c15-12-7-2-6-11(14(12)16)13(17)8-1-4-10-5-3-9-18-10/h2-3,5-7,9H,1,4,8H2. The third-order valence-electron chi connectivity index (χ3n) is 2.66. The predicted octanol–water partition coefficient (Wildman–Crippen LogP) is 5.26. The molecule has 0 aliphatic heterocycles. The molecule has 4 heteroatoms. The zero-order valence-corrected chi connectivity index (χ0v) is 12.0. The summed E-state index contributed by atoms with van der Waals surface area (Å²) in [6, 6.07) is 9.27. The van der Waals surface area contributed by atoms with Crippen molar-refractivity contribution >= 4 is 40.3 Å². The Morgan fingerprint density at radius 3 is 2.72 bits per heavy atom. The van der Waals surface area contributed by atoms with E-state index in [1.165, 1.54) is 4.88 Å². The van der Waals surface area contributed by atoms with E-state index in [4.69, 9.17) is 23.2 Å². The molecule has 0 amide bonds. The topological polar surface area (TPSA) is 17.1 Å². The van der Waals surface area contributed by atoms with Crippen LogP contribution in [0.5, 0.6) is 0 Å². The average molecular weight is 299 g/mol. The molecule has 94 valence electrons. The Hall–Kier alpha value is -0.830. The minimum Gasteiger partial charge on any atom is -0.294 e. The molecule has 0 saturated heterocycles. The van der Waals surface area contributed by atoms with Crippen LogP contribution in [0.4, 0.5) is 0 Å². The molecule has 1 heterocycles. The third kappa shape index (κ3) is 3.35. The van der Waals surface area contributed by atoms with E-state index < -0.39 is 0 Å². The molecule has 0 radical (unpaired) electrons. The number of hydrogen-bond acceptors (Lipinski definition) is 2. The molecule has 0 spiro atoms. The highest BCUT2D eigenvalue weighted by Crippen LogP contribution is 2.26. The minimum atomic E-state index is 0.0547. The first-order valence-electron chi connectivity index (χ1n) is 5.68. The number of Topliss-reactive ketones (excluding diaryl/α,β-unsaturated/α-hetero) is 1. The van der Waals surface area contributed by atoms with Crippen LogP contribution in [0.15, 0.2) is 35.7 Å². The molecular weight excluding hydrogens is 287 g/mol. The molecule has 2 rings (SSSR count). The first kappa shape index (κ1) is 13.6. The van der Waals surface area contributed by atoms with Crippen molar-refractivity contribution in [2.75, 3.05) is 0 Å². The van der Waals surface area contributed by atoms with E-state index in [0.717, 1.165) is 12.8 Å². The number of carbonyl (C=O) groups is 1. The lowest BCUT2D eigenvalue weighted by molar-refractivity contribution is 0.0980. The quantitative estimate of drug-likeness (QED) is 0.688. The highest BCUT2D eigenvalue weighted by atomic mass is 35.5. The van der Waals surface area contributed by atoms with Gasteiger partial charge in [-0.3, -0.25) is 4.79 Å². The zero-order chi connectivity index (χ0) is 13.0. The fourth-order valence-electron chi connectivity index (χ4n) is 1.73. The van der Waals surface area contributed by atoms with E-state index in [1.54, 1.807) is 29.5 Å². The van der Waals surface area contributed by atoms with Crippen LogP contribution in [0.3, 0.4) is 0 Å². The first-order valence-corrected chi connectivity index (χ1v) is 7.31. The molecule has 0 atom stereocenters. The summed E-state index contributed by atoms with van der Waals surface area (Å²) in [5.41, 5.74) is 0.523. The molecule has 0 unspecified atom stereocenters. The molecule has 2 aromatic rings. The number of thiophene rings is 1. The SMILES string of the molecule is O=C(CCCc1cccs1)c1cccc(Cl)c1Cl. The second-order valence-corrected chi connectivity index (χ2v) is 5.77. The van der Waals surface area contributed by atoms with Gasteiger partial charge in [-0.1, -0.05) is 35.3 Å². The van der Waals surface area contributed by atoms with E-state index in [2.05, 4.69) is 6.07 Å². The Morgan fingerprint density at radius 2 is 2.00 bits per heavy atom. The van der Waals surface area contributed by atoms with Gasteiger partial charge in [0, 0.05) is 16.9 Å². The lowest BCUT2D eigenvalue weighted by atomic mass is 10.1. The maximum Gasteiger partial charge on any atom is 0.164 e. The fourth-order valence-corrected chi connectivity index (χ4v) is 2.89. The Bertz CT molecular complexity index is 535. The third-order valence-corrected chi connectivity index (χ3v) is 4.41. The first-order chi connectivity index (χ1) is 8.68. The van der Waals surface area contributed by atoms with Gasteiger partial charge in [0.15, 0.2) is 5.78 Å². The number of benzene rings is 1. The summed E-state index contributed by atoms with van der Waals surface area (Å²) in [5.74, 6) is 0.0547. The van der Waals surface area contributed by atoms with Gasteiger partial charge in [-0.2, -0.15) is 0 Å². The molecule has 1 aromatic heterocycles. The lowest BCUT2D eigenvalue weighted by Crippen LogP contribution is -2.00. The van der Waals surface area contributed by atoms with Crippen molar-refractivity contribution < 1.29 is 4.79 Å². The van der Waals surface area contributed by atoms with E-state index in [9.17, 15) is 4.79 Å². The van der Waals surface area contributed by atoms with E-state index in [0.29, 0.717) is 22.0 Å². The number of aryl methyl sites for hydroxylation is 1. The number of carbonyl (C=O) groups excluding carboxylic acids is 1. The smallest absolute Gasteiger partial charge is 0.164 e. The van der Waals surface area contributed by atoms with Gasteiger partial charge in [-0.15, -0.1) is 11.3 Å². The molecule has 18 heavy (non-hydrogen) atoms. The van der Waals surface area contributed by atoms with Gasteiger partial charge in [0.2, 0.25) is 0 Å². The fraction of sp³-hybridized carbons (Fsp3) is 0.214. The highest BCUT2D eigenvalue weighted by Gasteiger charge is 2.12. The van der Waals surface area contributed by atoms with Crippen molar-refractivity contribution in [3.63, 3.8) is 0 Å². The molecule has 0 saturated carbocycles. The van der Waals surface area contributed by atoms with Crippen LogP contribution in [-0.4, -0.2) is 5.78 Å². The summed E-state index contributed by atoms with van der Waals surface area (Å²) < 4.78 is 0. The van der Waals surface area contributed by atoms with Gasteiger partial charge in [0.1, 0.15) is 0 Å². The van der Waals surface area contributed by atoms with Gasteiger partial charge in [-0.05, 0) is 36.4 Å². The van der Waals surface area contributed by atoms with Gasteiger partial charge >= 0.3 is 0 Å². The average Bonchev–Trinajstić information content (AvgIpc) is 2.85. The second kappa shape index (κ2) is 6.37. The van der Waals surface area contributed by atoms with Crippen LogP contribution in [-0.2, 0) is 6.42 Å². The molecule has 1 nitrogen and oxygen atoms in total. The Balaban J connectivity index is 1.93. The largest absolute Gasteiger partial charge is 0.294 e. The van der Waals surface area contributed by atoms with Gasteiger partial charge in [0.25, 0.3) is 0 Å². The second-order valence-electron chi connectivity index (χ2n) is 3.96. The molecular formula is C14H12Cl2OS. The number of rotatable bonds is 5. The maximum atomic E-state index is 12.0. The van der Waals surface area contributed by atoms with E-state index in [-0.39, 0.29) is 5.78 Å². The summed E-state index contributed by atoms with van der Waals surface area (Å²) >= 11 is 13.6. The highest BCUT2D eigenvalue weighted by molar-refractivity contribution is 7.09. The summed E-state index contributed by atoms with van der Waals surface area (Å²) in [4.78, 5) is 13.3. The van der Waals surface area contributed by atoms with Crippen molar-refractivity contribution in [2.24, 2.45) is 0 Å². The predicted molar refractivity (Wildman–Crippen MR) is 78.0 cm³/mol. The number of hydrogen-bond donors (Lipinski definition) is 0. The lowest BCUT2D eigenvalue weighted by Gasteiger charge is -2.04. The van der Waals surface area contributed by atoms with Crippen LogP contribution in [0.2, 0.25) is 10.0 Å². The number of halogens is 2. The zero-order valence-electron chi connectivity index (χ0n) is 9.66. The van der Waals surface area contributed by atoms with Crippen LogP contribution in [0, 0.1) is 0 Å². The van der Waals surface area contributed by atoms with Crippen LogP contribution >= 0.6 is 34.5 Å². The minimum absolute atomic E-state index is 0.0547. The van der Waals surface area contributed by atoms with E-state index in [1.807, 2.05) is 11.4 Å². The van der Waals surface area contributed by atoms with Crippen molar-refractivity contribution in [1.29, 1.82) is 0 Å². The van der Waals surface area contributed by atoms with Crippen LogP contribution in [0.1, 0.15) is 28.1 Å². The maximum absolute atomic E-state index is 12.0.